The molecule has 0 aliphatic heterocycles. The summed E-state index contributed by atoms with van der Waals surface area (Å²) in [6, 6.07) is 8.29. The van der Waals surface area contributed by atoms with Crippen LogP contribution in [0.3, 0.4) is 0 Å². The van der Waals surface area contributed by atoms with E-state index in [0.29, 0.717) is 11.3 Å². The van der Waals surface area contributed by atoms with E-state index in [1.807, 2.05) is 0 Å². The van der Waals surface area contributed by atoms with Crippen molar-refractivity contribution in [2.24, 2.45) is 0 Å². The molecule has 0 unspecified atom stereocenters. The first-order valence-electron chi connectivity index (χ1n) is 5.50. The number of hydrogen-bond donors (Lipinski definition) is 1. The van der Waals surface area contributed by atoms with E-state index in [1.54, 1.807) is 19.1 Å². The Labute approximate surface area is 114 Å². The number of benzene rings is 2. The van der Waals surface area contributed by atoms with Gasteiger partial charge >= 0.3 is 0 Å². The number of hydrogen-bond acceptors (Lipinski definition) is 1. The minimum Gasteiger partial charge on any atom is -0.322 e. The summed E-state index contributed by atoms with van der Waals surface area (Å²) in [4.78, 5) is 11.9. The molecule has 1 N–H and O–H groups in total. The van der Waals surface area contributed by atoms with E-state index in [2.05, 4.69) is 5.32 Å². The van der Waals surface area contributed by atoms with Gasteiger partial charge in [-0.2, -0.15) is 0 Å². The van der Waals surface area contributed by atoms with Crippen molar-refractivity contribution < 1.29 is 13.6 Å². The summed E-state index contributed by atoms with van der Waals surface area (Å²) >= 11 is 5.60. The topological polar surface area (TPSA) is 29.1 Å². The zero-order chi connectivity index (χ0) is 14.0. The van der Waals surface area contributed by atoms with Crippen LogP contribution in [-0.2, 0) is 0 Å². The van der Waals surface area contributed by atoms with Gasteiger partial charge in [0.15, 0.2) is 0 Å². The fourth-order valence-electron chi connectivity index (χ4n) is 1.60. The van der Waals surface area contributed by atoms with Crippen LogP contribution in [0.25, 0.3) is 0 Å². The van der Waals surface area contributed by atoms with Gasteiger partial charge in [-0.25, -0.2) is 8.78 Å². The Bertz CT molecular complexity index is 643. The van der Waals surface area contributed by atoms with E-state index in [1.165, 1.54) is 18.2 Å². The Morgan fingerprint density at radius 3 is 2.63 bits per heavy atom. The van der Waals surface area contributed by atoms with Crippen LogP contribution in [-0.4, -0.2) is 5.91 Å². The average Bonchev–Trinajstić information content (AvgIpc) is 2.37. The van der Waals surface area contributed by atoms with E-state index in [9.17, 15) is 13.6 Å². The Morgan fingerprint density at radius 2 is 1.95 bits per heavy atom. The van der Waals surface area contributed by atoms with Crippen molar-refractivity contribution in [1.82, 2.24) is 0 Å². The maximum Gasteiger partial charge on any atom is 0.258 e. The lowest BCUT2D eigenvalue weighted by Gasteiger charge is -2.08. The van der Waals surface area contributed by atoms with E-state index in [4.69, 9.17) is 11.6 Å². The van der Waals surface area contributed by atoms with Gasteiger partial charge in [0, 0.05) is 5.69 Å². The number of anilines is 1. The highest BCUT2D eigenvalue weighted by Crippen LogP contribution is 2.20. The number of carbonyl (C=O) groups is 1. The lowest BCUT2D eigenvalue weighted by atomic mass is 10.1. The number of halogens is 3. The SMILES string of the molecule is Cc1cccc(C(=O)Nc2ccc(F)c(Cl)c2)c1F. The van der Waals surface area contributed by atoms with Crippen molar-refractivity contribution in [1.29, 1.82) is 0 Å². The molecule has 2 rings (SSSR count). The number of carbonyl (C=O) groups excluding carboxylic acids is 1. The minimum atomic E-state index is -0.608. The monoisotopic (exact) mass is 281 g/mol. The summed E-state index contributed by atoms with van der Waals surface area (Å²) in [5.74, 6) is -1.77. The number of aryl methyl sites for hydroxylation is 1. The van der Waals surface area contributed by atoms with E-state index < -0.39 is 17.5 Å². The molecule has 1 amide bonds. The zero-order valence-electron chi connectivity index (χ0n) is 10.0. The summed E-state index contributed by atoms with van der Waals surface area (Å²) < 4.78 is 26.7. The van der Waals surface area contributed by atoms with Crippen LogP contribution in [0.4, 0.5) is 14.5 Å². The number of nitrogens with one attached hydrogen (secondary N) is 1. The van der Waals surface area contributed by atoms with Crippen molar-refractivity contribution >= 4 is 23.2 Å². The van der Waals surface area contributed by atoms with Gasteiger partial charge < -0.3 is 5.32 Å². The molecule has 0 radical (unpaired) electrons. The summed E-state index contributed by atoms with van der Waals surface area (Å²) in [7, 11) is 0. The molecule has 0 fully saturated rings. The molecule has 0 aliphatic rings. The largest absolute Gasteiger partial charge is 0.322 e. The van der Waals surface area contributed by atoms with Crippen LogP contribution in [0.1, 0.15) is 15.9 Å². The van der Waals surface area contributed by atoms with Crippen molar-refractivity contribution in [3.8, 4) is 0 Å². The summed E-state index contributed by atoms with van der Waals surface area (Å²) in [6.45, 7) is 1.57. The van der Waals surface area contributed by atoms with Crippen LogP contribution in [0.5, 0.6) is 0 Å². The molecule has 0 heterocycles. The Kier molecular flexibility index (Phi) is 3.81. The van der Waals surface area contributed by atoms with Crippen LogP contribution in [0.2, 0.25) is 5.02 Å². The molecular formula is C14H10ClF2NO. The van der Waals surface area contributed by atoms with Gasteiger partial charge in [-0.3, -0.25) is 4.79 Å². The molecule has 0 atom stereocenters. The lowest BCUT2D eigenvalue weighted by Crippen LogP contribution is -2.14. The van der Waals surface area contributed by atoms with E-state index in [-0.39, 0.29) is 10.6 Å². The van der Waals surface area contributed by atoms with Crippen LogP contribution in [0, 0.1) is 18.6 Å². The van der Waals surface area contributed by atoms with Crippen LogP contribution in [0.15, 0.2) is 36.4 Å². The predicted octanol–water partition coefficient (Wildman–Crippen LogP) is 4.18. The summed E-state index contributed by atoms with van der Waals surface area (Å²) in [6.07, 6.45) is 0. The van der Waals surface area contributed by atoms with Gasteiger partial charge in [0.1, 0.15) is 11.6 Å². The Balaban J connectivity index is 2.26. The minimum absolute atomic E-state index is 0.0690. The highest BCUT2D eigenvalue weighted by molar-refractivity contribution is 6.31. The molecule has 2 aromatic carbocycles. The molecular weight excluding hydrogens is 272 g/mol. The fraction of sp³-hybridized carbons (Fsp3) is 0.0714. The first-order valence-corrected chi connectivity index (χ1v) is 5.88. The van der Waals surface area contributed by atoms with Crippen molar-refractivity contribution in [3.05, 3.63) is 64.2 Å². The maximum atomic E-state index is 13.8. The third-order valence-electron chi connectivity index (χ3n) is 2.61. The smallest absolute Gasteiger partial charge is 0.258 e. The van der Waals surface area contributed by atoms with Gasteiger partial charge in [0.2, 0.25) is 0 Å². The Morgan fingerprint density at radius 1 is 1.21 bits per heavy atom. The Hall–Kier alpha value is -1.94. The van der Waals surface area contributed by atoms with Gasteiger partial charge in [0.05, 0.1) is 10.6 Å². The van der Waals surface area contributed by atoms with E-state index in [0.717, 1.165) is 6.07 Å². The third-order valence-corrected chi connectivity index (χ3v) is 2.90. The standard InChI is InChI=1S/C14H10ClF2NO/c1-8-3-2-4-10(13(8)17)14(19)18-9-5-6-12(16)11(15)7-9/h2-7H,1H3,(H,18,19). The van der Waals surface area contributed by atoms with E-state index >= 15 is 0 Å². The zero-order valence-corrected chi connectivity index (χ0v) is 10.8. The maximum absolute atomic E-state index is 13.8. The summed E-state index contributed by atoms with van der Waals surface area (Å²) in [5, 5.41) is 2.36. The second-order valence-corrected chi connectivity index (χ2v) is 4.43. The van der Waals surface area contributed by atoms with Crippen molar-refractivity contribution in [2.45, 2.75) is 6.92 Å². The molecule has 2 nitrogen and oxygen atoms in total. The molecule has 98 valence electrons. The third kappa shape index (κ3) is 2.90. The lowest BCUT2D eigenvalue weighted by molar-refractivity contribution is 0.102. The molecule has 0 aliphatic carbocycles. The first-order chi connectivity index (χ1) is 8.99. The van der Waals surface area contributed by atoms with Gasteiger partial charge in [0.25, 0.3) is 5.91 Å². The number of amides is 1. The summed E-state index contributed by atoms with van der Waals surface area (Å²) in [5.41, 5.74) is 0.613. The number of rotatable bonds is 2. The van der Waals surface area contributed by atoms with Crippen molar-refractivity contribution in [2.75, 3.05) is 5.32 Å². The van der Waals surface area contributed by atoms with Crippen LogP contribution >= 0.6 is 11.6 Å². The fourth-order valence-corrected chi connectivity index (χ4v) is 1.78. The normalized spacial score (nSPS) is 10.3. The van der Waals surface area contributed by atoms with Gasteiger partial charge in [-0.05, 0) is 36.8 Å². The molecule has 5 heteroatoms. The van der Waals surface area contributed by atoms with Crippen molar-refractivity contribution in [3.63, 3.8) is 0 Å². The molecule has 0 saturated heterocycles. The molecule has 0 bridgehead atoms. The molecule has 19 heavy (non-hydrogen) atoms. The molecule has 2 aromatic rings. The second-order valence-electron chi connectivity index (χ2n) is 4.02. The first kappa shape index (κ1) is 13.5. The highest BCUT2D eigenvalue weighted by Gasteiger charge is 2.13. The average molecular weight is 282 g/mol. The quantitative estimate of drug-likeness (QED) is 0.879. The van der Waals surface area contributed by atoms with Crippen LogP contribution < -0.4 is 5.32 Å². The second kappa shape index (κ2) is 5.36. The highest BCUT2D eigenvalue weighted by atomic mass is 35.5. The molecule has 0 spiro atoms. The van der Waals surface area contributed by atoms with Gasteiger partial charge in [-0.1, -0.05) is 23.7 Å². The van der Waals surface area contributed by atoms with Gasteiger partial charge in [-0.15, -0.1) is 0 Å². The predicted molar refractivity (Wildman–Crippen MR) is 70.5 cm³/mol. The molecule has 0 saturated carbocycles. The molecule has 0 aromatic heterocycles.